The van der Waals surface area contributed by atoms with E-state index in [1.807, 2.05) is 0 Å². The maximum absolute atomic E-state index is 5.22. The maximum Gasteiger partial charge on any atom is 0.0615 e. The van der Waals surface area contributed by atoms with Crippen LogP contribution < -0.4 is 5.32 Å². The first kappa shape index (κ1) is 16.2. The summed E-state index contributed by atoms with van der Waals surface area (Å²) in [5, 5.41) is 3.49. The van der Waals surface area contributed by atoms with Crippen molar-refractivity contribution in [2.45, 2.75) is 45.9 Å². The minimum Gasteiger partial charge on any atom is -0.383 e. The zero-order chi connectivity index (χ0) is 14.3. The van der Waals surface area contributed by atoms with Crippen molar-refractivity contribution >= 4 is 0 Å². The summed E-state index contributed by atoms with van der Waals surface area (Å²) in [6.45, 7) is 9.20. The fourth-order valence-electron chi connectivity index (χ4n) is 1.99. The molecule has 0 fully saturated rings. The lowest BCUT2D eigenvalue weighted by atomic mass is 10.1. The Morgan fingerprint density at radius 3 is 2.37 bits per heavy atom. The van der Waals surface area contributed by atoms with Gasteiger partial charge in [-0.3, -0.25) is 4.90 Å². The zero-order valence-corrected chi connectivity index (χ0v) is 12.9. The molecule has 3 heteroatoms. The first-order valence-electron chi connectivity index (χ1n) is 7.04. The molecule has 3 nitrogen and oxygen atoms in total. The molecule has 0 aromatic heterocycles. The summed E-state index contributed by atoms with van der Waals surface area (Å²) < 4.78 is 5.22. The molecule has 1 unspecified atom stereocenters. The third-order valence-corrected chi connectivity index (χ3v) is 3.40. The van der Waals surface area contributed by atoms with Gasteiger partial charge in [0, 0.05) is 32.3 Å². The second-order valence-electron chi connectivity index (χ2n) is 5.52. The summed E-state index contributed by atoms with van der Waals surface area (Å²) in [6, 6.07) is 9.59. The van der Waals surface area contributed by atoms with Gasteiger partial charge in [0.2, 0.25) is 0 Å². The molecule has 0 spiro atoms. The van der Waals surface area contributed by atoms with E-state index in [-0.39, 0.29) is 0 Å². The highest BCUT2D eigenvalue weighted by Crippen LogP contribution is 2.13. The second-order valence-corrected chi connectivity index (χ2v) is 5.52. The van der Waals surface area contributed by atoms with Gasteiger partial charge in [-0.15, -0.1) is 0 Å². The molecule has 0 heterocycles. The fourth-order valence-corrected chi connectivity index (χ4v) is 1.99. The van der Waals surface area contributed by atoms with Crippen molar-refractivity contribution in [3.63, 3.8) is 0 Å². The Hall–Kier alpha value is -0.900. The van der Waals surface area contributed by atoms with E-state index < -0.39 is 0 Å². The Morgan fingerprint density at radius 1 is 1.16 bits per heavy atom. The van der Waals surface area contributed by atoms with E-state index >= 15 is 0 Å². The van der Waals surface area contributed by atoms with Crippen molar-refractivity contribution in [3.05, 3.63) is 35.4 Å². The van der Waals surface area contributed by atoms with Crippen molar-refractivity contribution < 1.29 is 4.74 Å². The lowest BCUT2D eigenvalue weighted by molar-refractivity contribution is 0.112. The van der Waals surface area contributed by atoms with Crippen molar-refractivity contribution in [3.8, 4) is 0 Å². The Kier molecular flexibility index (Phi) is 7.06. The number of nitrogens with one attached hydrogen (secondary N) is 1. The summed E-state index contributed by atoms with van der Waals surface area (Å²) in [5.41, 5.74) is 2.77. The van der Waals surface area contributed by atoms with Crippen LogP contribution >= 0.6 is 0 Å². The highest BCUT2D eigenvalue weighted by molar-refractivity contribution is 5.27. The molecule has 0 radical (unpaired) electrons. The molecule has 0 amide bonds. The number of benzene rings is 1. The Labute approximate surface area is 118 Å². The van der Waals surface area contributed by atoms with Gasteiger partial charge in [-0.2, -0.15) is 0 Å². The molecule has 1 aromatic rings. The number of rotatable bonds is 8. The van der Waals surface area contributed by atoms with Gasteiger partial charge in [0.25, 0.3) is 0 Å². The van der Waals surface area contributed by atoms with E-state index in [1.54, 1.807) is 7.11 Å². The SMILES string of the molecule is COCC(C)N(C)Cc1ccccc1CNC(C)C. The maximum atomic E-state index is 5.22. The molecule has 0 saturated carbocycles. The topological polar surface area (TPSA) is 24.5 Å². The highest BCUT2D eigenvalue weighted by atomic mass is 16.5. The van der Waals surface area contributed by atoms with E-state index in [9.17, 15) is 0 Å². The van der Waals surface area contributed by atoms with E-state index in [0.29, 0.717) is 12.1 Å². The minimum atomic E-state index is 0.427. The van der Waals surface area contributed by atoms with Crippen LogP contribution in [0.25, 0.3) is 0 Å². The molecule has 0 aliphatic carbocycles. The van der Waals surface area contributed by atoms with Crippen LogP contribution in [-0.2, 0) is 17.8 Å². The molecule has 0 aliphatic heterocycles. The lowest BCUT2D eigenvalue weighted by Gasteiger charge is -2.25. The van der Waals surface area contributed by atoms with Gasteiger partial charge < -0.3 is 10.1 Å². The lowest BCUT2D eigenvalue weighted by Crippen LogP contribution is -2.32. The van der Waals surface area contributed by atoms with Crippen LogP contribution in [0.1, 0.15) is 31.9 Å². The smallest absolute Gasteiger partial charge is 0.0615 e. The van der Waals surface area contributed by atoms with Gasteiger partial charge in [0.15, 0.2) is 0 Å². The molecule has 0 saturated heterocycles. The minimum absolute atomic E-state index is 0.427. The van der Waals surface area contributed by atoms with Gasteiger partial charge in [-0.25, -0.2) is 0 Å². The average Bonchev–Trinajstić information content (AvgIpc) is 2.37. The van der Waals surface area contributed by atoms with E-state index in [2.05, 4.69) is 62.3 Å². The largest absolute Gasteiger partial charge is 0.383 e. The molecular weight excluding hydrogens is 236 g/mol. The van der Waals surface area contributed by atoms with Crippen LogP contribution in [-0.4, -0.2) is 37.7 Å². The van der Waals surface area contributed by atoms with Gasteiger partial charge >= 0.3 is 0 Å². The van der Waals surface area contributed by atoms with Gasteiger partial charge in [-0.1, -0.05) is 38.1 Å². The third-order valence-electron chi connectivity index (χ3n) is 3.40. The molecule has 0 aliphatic rings. The summed E-state index contributed by atoms with van der Waals surface area (Å²) in [6.07, 6.45) is 0. The van der Waals surface area contributed by atoms with Crippen LogP contribution in [0, 0.1) is 0 Å². The standard InChI is InChI=1S/C16H28N2O/c1-13(2)17-10-15-8-6-7-9-16(15)11-18(4)14(3)12-19-5/h6-9,13-14,17H,10-12H2,1-5H3. The molecule has 1 N–H and O–H groups in total. The molecule has 1 rings (SSSR count). The van der Waals surface area contributed by atoms with Crippen molar-refractivity contribution in [2.24, 2.45) is 0 Å². The highest BCUT2D eigenvalue weighted by Gasteiger charge is 2.11. The second kappa shape index (κ2) is 8.31. The van der Waals surface area contributed by atoms with E-state index in [4.69, 9.17) is 4.74 Å². The Morgan fingerprint density at radius 2 is 1.79 bits per heavy atom. The Balaban J connectivity index is 2.66. The fraction of sp³-hybridized carbons (Fsp3) is 0.625. The van der Waals surface area contributed by atoms with E-state index in [1.165, 1.54) is 11.1 Å². The first-order valence-corrected chi connectivity index (χ1v) is 7.04. The van der Waals surface area contributed by atoms with Crippen molar-refractivity contribution in [1.82, 2.24) is 10.2 Å². The summed E-state index contributed by atoms with van der Waals surface area (Å²) in [7, 11) is 3.90. The number of hydrogen-bond donors (Lipinski definition) is 1. The predicted octanol–water partition coefficient (Wildman–Crippen LogP) is 2.65. The monoisotopic (exact) mass is 264 g/mol. The zero-order valence-electron chi connectivity index (χ0n) is 12.9. The molecule has 19 heavy (non-hydrogen) atoms. The number of hydrogen-bond acceptors (Lipinski definition) is 3. The van der Waals surface area contributed by atoms with Crippen LogP contribution in [0.3, 0.4) is 0 Å². The molecule has 0 bridgehead atoms. The summed E-state index contributed by atoms with van der Waals surface area (Å²) in [4.78, 5) is 2.33. The molecule has 1 atom stereocenters. The summed E-state index contributed by atoms with van der Waals surface area (Å²) >= 11 is 0. The Bertz CT molecular complexity index is 366. The van der Waals surface area contributed by atoms with Crippen LogP contribution in [0.4, 0.5) is 0 Å². The van der Waals surface area contributed by atoms with Gasteiger partial charge in [0.1, 0.15) is 0 Å². The molecular formula is C16H28N2O. The number of likely N-dealkylation sites (N-methyl/N-ethyl adjacent to an activating group) is 1. The summed E-state index contributed by atoms with van der Waals surface area (Å²) in [5.74, 6) is 0. The normalized spacial score (nSPS) is 13.2. The third kappa shape index (κ3) is 5.72. The van der Waals surface area contributed by atoms with E-state index in [0.717, 1.165) is 19.7 Å². The number of nitrogens with zero attached hydrogens (tertiary/aromatic N) is 1. The van der Waals surface area contributed by atoms with Gasteiger partial charge in [0.05, 0.1) is 6.61 Å². The van der Waals surface area contributed by atoms with Crippen molar-refractivity contribution in [1.29, 1.82) is 0 Å². The quantitative estimate of drug-likeness (QED) is 0.781. The van der Waals surface area contributed by atoms with Gasteiger partial charge in [-0.05, 0) is 25.1 Å². The number of ether oxygens (including phenoxy) is 1. The van der Waals surface area contributed by atoms with Crippen molar-refractivity contribution in [2.75, 3.05) is 20.8 Å². The predicted molar refractivity (Wildman–Crippen MR) is 81.2 cm³/mol. The van der Waals surface area contributed by atoms with Crippen LogP contribution in [0.15, 0.2) is 24.3 Å². The van der Waals surface area contributed by atoms with Crippen LogP contribution in [0.2, 0.25) is 0 Å². The molecule has 1 aromatic carbocycles. The molecule has 108 valence electrons. The average molecular weight is 264 g/mol. The first-order chi connectivity index (χ1) is 9.04. The number of methoxy groups -OCH3 is 1. The van der Waals surface area contributed by atoms with Crippen LogP contribution in [0.5, 0.6) is 0 Å².